The van der Waals surface area contributed by atoms with Crippen LogP contribution in [0.4, 0.5) is 5.69 Å². The summed E-state index contributed by atoms with van der Waals surface area (Å²) in [7, 11) is 0. The largest absolute Gasteiger partial charge is 0.340 e. The lowest BCUT2D eigenvalue weighted by Gasteiger charge is -2.34. The summed E-state index contributed by atoms with van der Waals surface area (Å²) < 4.78 is 0. The van der Waals surface area contributed by atoms with E-state index in [1.807, 2.05) is 4.90 Å². The van der Waals surface area contributed by atoms with E-state index < -0.39 is 0 Å². The van der Waals surface area contributed by atoms with Crippen LogP contribution in [0.15, 0.2) is 18.2 Å². The van der Waals surface area contributed by atoms with Crippen LogP contribution in [0.5, 0.6) is 0 Å². The van der Waals surface area contributed by atoms with E-state index in [0.29, 0.717) is 28.7 Å². The molecule has 1 aromatic rings. The molecule has 7 heteroatoms. The van der Waals surface area contributed by atoms with Gasteiger partial charge in [0, 0.05) is 51.1 Å². The van der Waals surface area contributed by atoms with Gasteiger partial charge in [-0.25, -0.2) is 0 Å². The Balaban J connectivity index is 1.77. The summed E-state index contributed by atoms with van der Waals surface area (Å²) in [5.41, 5.74) is 0.528. The van der Waals surface area contributed by atoms with Gasteiger partial charge in [-0.1, -0.05) is 23.2 Å². The zero-order chi connectivity index (χ0) is 16.1. The Labute approximate surface area is 140 Å². The molecule has 0 atom stereocenters. The van der Waals surface area contributed by atoms with Gasteiger partial charge in [-0.05, 0) is 18.2 Å². The van der Waals surface area contributed by atoms with Crippen LogP contribution in [-0.4, -0.2) is 54.3 Å². The normalized spacial score (nSPS) is 15.7. The van der Waals surface area contributed by atoms with Gasteiger partial charge in [-0.2, -0.15) is 0 Å². The van der Waals surface area contributed by atoms with Crippen molar-refractivity contribution < 1.29 is 9.59 Å². The lowest BCUT2D eigenvalue weighted by molar-refractivity contribution is -0.130. The first-order valence-corrected chi connectivity index (χ1v) is 7.94. The third kappa shape index (κ3) is 4.87. The highest BCUT2D eigenvalue weighted by molar-refractivity contribution is 6.35. The van der Waals surface area contributed by atoms with Crippen LogP contribution in [0.2, 0.25) is 10.0 Å². The number of hydrogen-bond donors (Lipinski definition) is 1. The summed E-state index contributed by atoms with van der Waals surface area (Å²) >= 11 is 11.9. The average molecular weight is 344 g/mol. The number of piperazine rings is 1. The van der Waals surface area contributed by atoms with Crippen LogP contribution in [0.1, 0.15) is 13.3 Å². The molecule has 0 spiro atoms. The molecule has 1 aliphatic heterocycles. The number of amides is 2. The van der Waals surface area contributed by atoms with Crippen LogP contribution in [0, 0.1) is 0 Å². The second kappa shape index (κ2) is 7.81. The van der Waals surface area contributed by atoms with Crippen molar-refractivity contribution in [3.8, 4) is 0 Å². The van der Waals surface area contributed by atoms with Gasteiger partial charge in [-0.15, -0.1) is 0 Å². The van der Waals surface area contributed by atoms with Crippen molar-refractivity contribution in [1.29, 1.82) is 0 Å². The molecule has 22 heavy (non-hydrogen) atoms. The van der Waals surface area contributed by atoms with Gasteiger partial charge in [0.15, 0.2) is 0 Å². The number of anilines is 1. The number of carbonyl (C=O) groups is 2. The molecule has 0 unspecified atom stereocenters. The molecule has 1 N–H and O–H groups in total. The summed E-state index contributed by atoms with van der Waals surface area (Å²) in [5.74, 6) is 0.00570. The van der Waals surface area contributed by atoms with Gasteiger partial charge >= 0.3 is 0 Å². The second-order valence-electron chi connectivity index (χ2n) is 5.27. The Morgan fingerprint density at radius 1 is 1.18 bits per heavy atom. The van der Waals surface area contributed by atoms with Gasteiger partial charge in [0.05, 0.1) is 10.7 Å². The monoisotopic (exact) mass is 343 g/mol. The fourth-order valence-corrected chi connectivity index (χ4v) is 2.69. The Hall–Kier alpha value is -1.30. The van der Waals surface area contributed by atoms with Gasteiger partial charge in [0.2, 0.25) is 11.8 Å². The Bertz CT molecular complexity index is 558. The molecule has 1 saturated heterocycles. The second-order valence-corrected chi connectivity index (χ2v) is 6.11. The van der Waals surface area contributed by atoms with E-state index in [-0.39, 0.29) is 11.8 Å². The number of benzene rings is 1. The molecular formula is C15H19Cl2N3O2. The van der Waals surface area contributed by atoms with Crippen LogP contribution in [0.3, 0.4) is 0 Å². The number of carbonyl (C=O) groups excluding carboxylic acids is 2. The number of halogens is 2. The van der Waals surface area contributed by atoms with Crippen molar-refractivity contribution in [2.75, 3.05) is 38.0 Å². The van der Waals surface area contributed by atoms with Crippen LogP contribution in [0.25, 0.3) is 0 Å². The number of rotatable bonds is 4. The summed E-state index contributed by atoms with van der Waals surface area (Å²) in [4.78, 5) is 27.2. The summed E-state index contributed by atoms with van der Waals surface area (Å²) in [6.07, 6.45) is 0.378. The molecule has 1 heterocycles. The van der Waals surface area contributed by atoms with E-state index in [1.165, 1.54) is 0 Å². The molecule has 1 fully saturated rings. The van der Waals surface area contributed by atoms with Gasteiger partial charge in [0.1, 0.15) is 0 Å². The highest BCUT2D eigenvalue weighted by Crippen LogP contribution is 2.25. The van der Waals surface area contributed by atoms with E-state index in [1.54, 1.807) is 25.1 Å². The van der Waals surface area contributed by atoms with Crippen molar-refractivity contribution in [2.45, 2.75) is 13.3 Å². The lowest BCUT2D eigenvalue weighted by atomic mass is 10.2. The van der Waals surface area contributed by atoms with Crippen molar-refractivity contribution in [3.05, 3.63) is 28.2 Å². The first-order chi connectivity index (χ1) is 10.5. The first-order valence-electron chi connectivity index (χ1n) is 7.18. The minimum Gasteiger partial charge on any atom is -0.340 e. The summed E-state index contributed by atoms with van der Waals surface area (Å²) in [5, 5.41) is 3.76. The minimum absolute atomic E-state index is 0.0989. The van der Waals surface area contributed by atoms with Gasteiger partial charge in [-0.3, -0.25) is 14.5 Å². The quantitative estimate of drug-likeness (QED) is 0.913. The van der Waals surface area contributed by atoms with E-state index >= 15 is 0 Å². The van der Waals surface area contributed by atoms with Crippen molar-refractivity contribution in [3.63, 3.8) is 0 Å². The summed E-state index contributed by atoms with van der Waals surface area (Å²) in [6, 6.07) is 4.96. The van der Waals surface area contributed by atoms with E-state index in [2.05, 4.69) is 10.2 Å². The SMILES string of the molecule is CC(=O)N1CCN(CCC(=O)Nc2cc(Cl)ccc2Cl)CC1. The molecule has 1 aliphatic rings. The standard InChI is InChI=1S/C15H19Cl2N3O2/c1-11(21)20-8-6-19(7-9-20)5-4-15(22)18-14-10-12(16)2-3-13(14)17/h2-3,10H,4-9H2,1H3,(H,18,22). The molecule has 5 nitrogen and oxygen atoms in total. The van der Waals surface area contributed by atoms with Gasteiger partial charge in [0.25, 0.3) is 0 Å². The van der Waals surface area contributed by atoms with Crippen LogP contribution < -0.4 is 5.32 Å². The Kier molecular flexibility index (Phi) is 6.06. The molecule has 2 amide bonds. The number of nitrogens with one attached hydrogen (secondary N) is 1. The fraction of sp³-hybridized carbons (Fsp3) is 0.467. The molecule has 120 valence electrons. The Morgan fingerprint density at radius 2 is 1.86 bits per heavy atom. The molecule has 0 aliphatic carbocycles. The van der Waals surface area contributed by atoms with Crippen LogP contribution in [-0.2, 0) is 9.59 Å². The van der Waals surface area contributed by atoms with Crippen molar-refractivity contribution in [2.24, 2.45) is 0 Å². The predicted molar refractivity (Wildman–Crippen MR) is 88.4 cm³/mol. The smallest absolute Gasteiger partial charge is 0.225 e. The maximum absolute atomic E-state index is 12.0. The number of nitrogens with zero attached hydrogens (tertiary/aromatic N) is 2. The Morgan fingerprint density at radius 3 is 2.50 bits per heavy atom. The topological polar surface area (TPSA) is 52.7 Å². The third-order valence-corrected chi connectivity index (χ3v) is 4.24. The fourth-order valence-electron chi connectivity index (χ4n) is 2.35. The predicted octanol–water partition coefficient (Wildman–Crippen LogP) is 2.49. The van der Waals surface area contributed by atoms with Crippen molar-refractivity contribution in [1.82, 2.24) is 9.80 Å². The van der Waals surface area contributed by atoms with E-state index in [0.717, 1.165) is 26.2 Å². The first kappa shape index (κ1) is 17.1. The van der Waals surface area contributed by atoms with Crippen LogP contribution >= 0.6 is 23.2 Å². The molecule has 0 aromatic heterocycles. The summed E-state index contributed by atoms with van der Waals surface area (Å²) in [6.45, 7) is 5.28. The van der Waals surface area contributed by atoms with Gasteiger partial charge < -0.3 is 10.2 Å². The van der Waals surface area contributed by atoms with Crippen molar-refractivity contribution >= 4 is 40.7 Å². The van der Waals surface area contributed by atoms with E-state index in [4.69, 9.17) is 23.2 Å². The lowest BCUT2D eigenvalue weighted by Crippen LogP contribution is -2.48. The molecule has 0 radical (unpaired) electrons. The average Bonchev–Trinajstić information content (AvgIpc) is 2.49. The highest BCUT2D eigenvalue weighted by Gasteiger charge is 2.19. The third-order valence-electron chi connectivity index (χ3n) is 3.68. The highest BCUT2D eigenvalue weighted by atomic mass is 35.5. The molecule has 1 aromatic carbocycles. The number of hydrogen-bond acceptors (Lipinski definition) is 3. The maximum atomic E-state index is 12.0. The molecule has 0 saturated carbocycles. The zero-order valence-corrected chi connectivity index (χ0v) is 14.0. The molecule has 2 rings (SSSR count). The maximum Gasteiger partial charge on any atom is 0.225 e. The minimum atomic E-state index is -0.0989. The van der Waals surface area contributed by atoms with E-state index in [9.17, 15) is 9.59 Å². The molecular weight excluding hydrogens is 325 g/mol. The molecule has 0 bridgehead atoms. The zero-order valence-electron chi connectivity index (χ0n) is 12.4.